The van der Waals surface area contributed by atoms with Crippen LogP contribution in [0.1, 0.15) is 32.4 Å². The van der Waals surface area contributed by atoms with Gasteiger partial charge in [0.25, 0.3) is 0 Å². The molecular weight excluding hydrogens is 218 g/mol. The molecule has 0 saturated carbocycles. The van der Waals surface area contributed by atoms with Gasteiger partial charge in [-0.15, -0.1) is 11.8 Å². The van der Waals surface area contributed by atoms with Crippen LogP contribution in [0.4, 0.5) is 0 Å². The van der Waals surface area contributed by atoms with Gasteiger partial charge in [-0.05, 0) is 23.4 Å². The van der Waals surface area contributed by atoms with Crippen LogP contribution >= 0.6 is 11.8 Å². The molecule has 0 spiro atoms. The molecule has 2 nitrogen and oxygen atoms in total. The van der Waals surface area contributed by atoms with Gasteiger partial charge in [-0.25, -0.2) is 0 Å². The summed E-state index contributed by atoms with van der Waals surface area (Å²) in [6.07, 6.45) is 0. The van der Waals surface area contributed by atoms with E-state index in [1.54, 1.807) is 0 Å². The fourth-order valence-corrected chi connectivity index (χ4v) is 2.28. The summed E-state index contributed by atoms with van der Waals surface area (Å²) >= 11 is 1.83. The Hall–Kier alpha value is -0.510. The highest BCUT2D eigenvalue weighted by Crippen LogP contribution is 2.20. The van der Waals surface area contributed by atoms with Crippen molar-refractivity contribution in [2.45, 2.75) is 37.8 Å². The quantitative estimate of drug-likeness (QED) is 0.749. The SMILES string of the molecule is CCSc1ccc(C(CO)NC(C)C)cc1. The zero-order chi connectivity index (χ0) is 12.0. The van der Waals surface area contributed by atoms with E-state index in [2.05, 4.69) is 50.4 Å². The molecule has 0 fully saturated rings. The molecule has 1 aromatic carbocycles. The second-order valence-electron chi connectivity index (χ2n) is 4.06. The average Bonchev–Trinajstić information content (AvgIpc) is 2.27. The molecule has 0 saturated heterocycles. The van der Waals surface area contributed by atoms with E-state index in [1.165, 1.54) is 4.90 Å². The minimum absolute atomic E-state index is 0.0423. The highest BCUT2D eigenvalue weighted by molar-refractivity contribution is 7.99. The Balaban J connectivity index is 2.70. The third kappa shape index (κ3) is 4.16. The number of nitrogens with one attached hydrogen (secondary N) is 1. The summed E-state index contributed by atoms with van der Waals surface area (Å²) < 4.78 is 0. The first kappa shape index (κ1) is 13.6. The fraction of sp³-hybridized carbons (Fsp3) is 0.538. The molecule has 0 amide bonds. The molecule has 0 aliphatic rings. The first-order chi connectivity index (χ1) is 7.67. The summed E-state index contributed by atoms with van der Waals surface area (Å²) in [7, 11) is 0. The standard InChI is InChI=1S/C13H21NOS/c1-4-16-12-7-5-11(6-8-12)13(9-15)14-10(2)3/h5-8,10,13-15H,4,9H2,1-3H3. The van der Waals surface area contributed by atoms with E-state index in [4.69, 9.17) is 0 Å². The van der Waals surface area contributed by atoms with Gasteiger partial charge in [0.15, 0.2) is 0 Å². The second-order valence-corrected chi connectivity index (χ2v) is 5.40. The second kappa shape index (κ2) is 6.94. The predicted octanol–water partition coefficient (Wildman–Crippen LogP) is 2.83. The van der Waals surface area contributed by atoms with E-state index < -0.39 is 0 Å². The fourth-order valence-electron chi connectivity index (χ4n) is 1.62. The summed E-state index contributed by atoms with van der Waals surface area (Å²) in [5.74, 6) is 1.09. The molecule has 0 heterocycles. The molecule has 0 aromatic heterocycles. The monoisotopic (exact) mass is 239 g/mol. The van der Waals surface area contributed by atoms with Gasteiger partial charge < -0.3 is 10.4 Å². The van der Waals surface area contributed by atoms with Crippen molar-refractivity contribution in [2.24, 2.45) is 0 Å². The van der Waals surface area contributed by atoms with E-state index in [9.17, 15) is 5.11 Å². The maximum Gasteiger partial charge on any atom is 0.0626 e. The lowest BCUT2D eigenvalue weighted by Crippen LogP contribution is -2.30. The molecule has 1 rings (SSSR count). The largest absolute Gasteiger partial charge is 0.394 e. The molecule has 3 heteroatoms. The van der Waals surface area contributed by atoms with Crippen molar-refractivity contribution in [2.75, 3.05) is 12.4 Å². The minimum Gasteiger partial charge on any atom is -0.394 e. The molecule has 0 aliphatic carbocycles. The van der Waals surface area contributed by atoms with Gasteiger partial charge in [0.1, 0.15) is 0 Å². The van der Waals surface area contributed by atoms with E-state index in [0.29, 0.717) is 6.04 Å². The molecule has 1 atom stereocenters. The van der Waals surface area contributed by atoms with Crippen LogP contribution < -0.4 is 5.32 Å². The lowest BCUT2D eigenvalue weighted by atomic mass is 10.1. The van der Waals surface area contributed by atoms with E-state index in [-0.39, 0.29) is 12.6 Å². The first-order valence-electron chi connectivity index (χ1n) is 5.77. The van der Waals surface area contributed by atoms with Crippen molar-refractivity contribution in [1.82, 2.24) is 5.32 Å². The summed E-state index contributed by atoms with van der Waals surface area (Å²) in [6, 6.07) is 8.84. The molecule has 2 N–H and O–H groups in total. The Bertz CT molecular complexity index is 297. The number of aliphatic hydroxyl groups is 1. The van der Waals surface area contributed by atoms with Gasteiger partial charge in [-0.1, -0.05) is 32.9 Å². The van der Waals surface area contributed by atoms with Crippen molar-refractivity contribution in [3.8, 4) is 0 Å². The molecular formula is C13H21NOS. The molecule has 0 radical (unpaired) electrons. The number of benzene rings is 1. The van der Waals surface area contributed by atoms with Crippen LogP contribution in [0.2, 0.25) is 0 Å². The zero-order valence-corrected chi connectivity index (χ0v) is 11.1. The maximum atomic E-state index is 9.33. The van der Waals surface area contributed by atoms with Crippen LogP contribution in [0, 0.1) is 0 Å². The lowest BCUT2D eigenvalue weighted by molar-refractivity contribution is 0.237. The number of hydrogen-bond donors (Lipinski definition) is 2. The Morgan fingerprint density at radius 3 is 2.31 bits per heavy atom. The molecule has 1 unspecified atom stereocenters. The third-order valence-corrected chi connectivity index (χ3v) is 3.20. The van der Waals surface area contributed by atoms with Gasteiger partial charge in [-0.2, -0.15) is 0 Å². The maximum absolute atomic E-state index is 9.33. The normalized spacial score (nSPS) is 13.1. The van der Waals surface area contributed by atoms with Gasteiger partial charge in [0.2, 0.25) is 0 Å². The molecule has 1 aromatic rings. The van der Waals surface area contributed by atoms with Crippen molar-refractivity contribution in [3.63, 3.8) is 0 Å². The van der Waals surface area contributed by atoms with Crippen molar-refractivity contribution < 1.29 is 5.11 Å². The minimum atomic E-state index is 0.0423. The highest BCUT2D eigenvalue weighted by atomic mass is 32.2. The Morgan fingerprint density at radius 2 is 1.88 bits per heavy atom. The van der Waals surface area contributed by atoms with Crippen LogP contribution in [0.15, 0.2) is 29.2 Å². The molecule has 0 bridgehead atoms. The van der Waals surface area contributed by atoms with Gasteiger partial charge >= 0.3 is 0 Å². The summed E-state index contributed by atoms with van der Waals surface area (Å²) in [6.45, 7) is 6.46. The molecule has 16 heavy (non-hydrogen) atoms. The van der Waals surface area contributed by atoms with E-state index in [1.807, 2.05) is 11.8 Å². The van der Waals surface area contributed by atoms with Crippen LogP contribution in [-0.2, 0) is 0 Å². The smallest absolute Gasteiger partial charge is 0.0626 e. The average molecular weight is 239 g/mol. The van der Waals surface area contributed by atoms with Crippen molar-refractivity contribution >= 4 is 11.8 Å². The Kier molecular flexibility index (Phi) is 5.88. The number of hydrogen-bond acceptors (Lipinski definition) is 3. The van der Waals surface area contributed by atoms with Crippen molar-refractivity contribution in [3.05, 3.63) is 29.8 Å². The Labute approximate surface area is 102 Å². The summed E-state index contributed by atoms with van der Waals surface area (Å²) in [5, 5.41) is 12.7. The van der Waals surface area contributed by atoms with Crippen LogP contribution in [0.3, 0.4) is 0 Å². The number of aliphatic hydroxyl groups excluding tert-OH is 1. The summed E-state index contributed by atoms with van der Waals surface area (Å²) in [4.78, 5) is 1.28. The van der Waals surface area contributed by atoms with Crippen LogP contribution in [-0.4, -0.2) is 23.5 Å². The number of thioether (sulfide) groups is 1. The third-order valence-electron chi connectivity index (χ3n) is 2.31. The van der Waals surface area contributed by atoms with Crippen LogP contribution in [0.25, 0.3) is 0 Å². The first-order valence-corrected chi connectivity index (χ1v) is 6.75. The van der Waals surface area contributed by atoms with E-state index >= 15 is 0 Å². The zero-order valence-electron chi connectivity index (χ0n) is 10.2. The van der Waals surface area contributed by atoms with E-state index in [0.717, 1.165) is 11.3 Å². The topological polar surface area (TPSA) is 32.3 Å². The van der Waals surface area contributed by atoms with Gasteiger partial charge in [0.05, 0.1) is 12.6 Å². The van der Waals surface area contributed by atoms with Crippen molar-refractivity contribution in [1.29, 1.82) is 0 Å². The van der Waals surface area contributed by atoms with Gasteiger partial charge in [-0.3, -0.25) is 0 Å². The number of rotatable bonds is 6. The summed E-state index contributed by atoms with van der Waals surface area (Å²) in [5.41, 5.74) is 1.15. The molecule has 0 aliphatic heterocycles. The molecule has 90 valence electrons. The highest BCUT2D eigenvalue weighted by Gasteiger charge is 2.10. The predicted molar refractivity (Wildman–Crippen MR) is 70.9 cm³/mol. The Morgan fingerprint density at radius 1 is 1.25 bits per heavy atom. The lowest BCUT2D eigenvalue weighted by Gasteiger charge is -2.19. The van der Waals surface area contributed by atoms with Crippen LogP contribution in [0.5, 0.6) is 0 Å². The van der Waals surface area contributed by atoms with Gasteiger partial charge in [0, 0.05) is 10.9 Å².